The SMILES string of the molecule is CC(C)c1noc(/C=C/C(=O)O)n1. The Bertz CT molecular complexity index is 328. The van der Waals surface area contributed by atoms with Gasteiger partial charge in [-0.15, -0.1) is 0 Å². The first-order valence-electron chi connectivity index (χ1n) is 3.84. The summed E-state index contributed by atoms with van der Waals surface area (Å²) in [5.74, 6) is -0.0730. The van der Waals surface area contributed by atoms with Crippen LogP contribution in [0.25, 0.3) is 6.08 Å². The van der Waals surface area contributed by atoms with Crippen molar-refractivity contribution in [1.82, 2.24) is 10.1 Å². The molecule has 0 amide bonds. The summed E-state index contributed by atoms with van der Waals surface area (Å²) in [5.41, 5.74) is 0. The molecule has 1 aromatic heterocycles. The minimum atomic E-state index is -1.04. The molecule has 0 radical (unpaired) electrons. The highest BCUT2D eigenvalue weighted by Crippen LogP contribution is 2.09. The van der Waals surface area contributed by atoms with Crippen LogP contribution in [0.2, 0.25) is 0 Å². The van der Waals surface area contributed by atoms with E-state index in [1.807, 2.05) is 13.8 Å². The number of carboxylic acids is 1. The second-order valence-corrected chi connectivity index (χ2v) is 2.82. The quantitative estimate of drug-likeness (QED) is 0.713. The number of aliphatic carboxylic acids is 1. The zero-order valence-electron chi connectivity index (χ0n) is 7.39. The Morgan fingerprint density at radius 1 is 1.62 bits per heavy atom. The topological polar surface area (TPSA) is 76.2 Å². The third-order valence-corrected chi connectivity index (χ3v) is 1.34. The Balaban J connectivity index is 2.75. The lowest BCUT2D eigenvalue weighted by atomic mass is 10.2. The summed E-state index contributed by atoms with van der Waals surface area (Å²) in [4.78, 5) is 14.1. The molecule has 0 aliphatic rings. The third kappa shape index (κ3) is 2.70. The molecule has 0 aliphatic heterocycles. The first kappa shape index (κ1) is 9.44. The largest absolute Gasteiger partial charge is 0.478 e. The van der Waals surface area contributed by atoms with Crippen molar-refractivity contribution in [3.8, 4) is 0 Å². The molecule has 0 unspecified atom stereocenters. The number of hydrogen-bond donors (Lipinski definition) is 1. The number of hydrogen-bond acceptors (Lipinski definition) is 4. The van der Waals surface area contributed by atoms with Gasteiger partial charge in [0.05, 0.1) is 0 Å². The van der Waals surface area contributed by atoms with Gasteiger partial charge >= 0.3 is 5.97 Å². The lowest BCUT2D eigenvalue weighted by Crippen LogP contribution is -1.89. The Labute approximate surface area is 75.1 Å². The molecule has 70 valence electrons. The van der Waals surface area contributed by atoms with E-state index in [9.17, 15) is 4.79 Å². The summed E-state index contributed by atoms with van der Waals surface area (Å²) in [6.07, 6.45) is 2.22. The molecule has 0 bridgehead atoms. The maximum Gasteiger partial charge on any atom is 0.328 e. The first-order chi connectivity index (χ1) is 6.09. The highest BCUT2D eigenvalue weighted by atomic mass is 16.5. The van der Waals surface area contributed by atoms with Crippen molar-refractivity contribution < 1.29 is 14.4 Å². The smallest absolute Gasteiger partial charge is 0.328 e. The van der Waals surface area contributed by atoms with Crippen LogP contribution in [-0.2, 0) is 4.79 Å². The van der Waals surface area contributed by atoms with Gasteiger partial charge in [0.2, 0.25) is 0 Å². The highest BCUT2D eigenvalue weighted by Gasteiger charge is 2.06. The fraction of sp³-hybridized carbons (Fsp3) is 0.375. The zero-order chi connectivity index (χ0) is 9.84. The van der Waals surface area contributed by atoms with E-state index in [4.69, 9.17) is 9.63 Å². The maximum atomic E-state index is 10.1. The Hall–Kier alpha value is -1.65. The molecule has 1 rings (SSSR count). The maximum absolute atomic E-state index is 10.1. The molecule has 0 atom stereocenters. The molecule has 0 saturated heterocycles. The number of carboxylic acid groups (broad SMARTS) is 1. The average Bonchev–Trinajstić information content (AvgIpc) is 2.48. The van der Waals surface area contributed by atoms with E-state index in [2.05, 4.69) is 10.1 Å². The average molecular weight is 182 g/mol. The van der Waals surface area contributed by atoms with Gasteiger partial charge < -0.3 is 9.63 Å². The van der Waals surface area contributed by atoms with Crippen molar-refractivity contribution >= 4 is 12.0 Å². The van der Waals surface area contributed by atoms with Gasteiger partial charge in [-0.05, 0) is 0 Å². The van der Waals surface area contributed by atoms with E-state index in [0.717, 1.165) is 6.08 Å². The van der Waals surface area contributed by atoms with Gasteiger partial charge in [0.15, 0.2) is 5.82 Å². The van der Waals surface area contributed by atoms with Gasteiger partial charge in [0.25, 0.3) is 5.89 Å². The van der Waals surface area contributed by atoms with E-state index < -0.39 is 5.97 Å². The standard InChI is InChI=1S/C8H10N2O3/c1-5(2)8-9-6(13-10-8)3-4-7(11)12/h3-5H,1-2H3,(H,11,12)/b4-3+. The molecule has 1 heterocycles. The molecule has 1 N–H and O–H groups in total. The predicted octanol–water partition coefficient (Wildman–Crippen LogP) is 1.29. The van der Waals surface area contributed by atoms with E-state index in [-0.39, 0.29) is 11.8 Å². The molecule has 5 heteroatoms. The lowest BCUT2D eigenvalue weighted by molar-refractivity contribution is -0.131. The molecule has 1 aromatic rings. The monoisotopic (exact) mass is 182 g/mol. The number of carbonyl (C=O) groups is 1. The summed E-state index contributed by atoms with van der Waals surface area (Å²) >= 11 is 0. The van der Waals surface area contributed by atoms with Gasteiger partial charge in [-0.2, -0.15) is 4.98 Å². The van der Waals surface area contributed by atoms with E-state index in [0.29, 0.717) is 5.82 Å². The molecule has 13 heavy (non-hydrogen) atoms. The number of rotatable bonds is 3. The zero-order valence-corrected chi connectivity index (χ0v) is 7.39. The second-order valence-electron chi connectivity index (χ2n) is 2.82. The van der Waals surface area contributed by atoms with Crippen LogP contribution in [-0.4, -0.2) is 21.2 Å². The Kier molecular flexibility index (Phi) is 2.79. The van der Waals surface area contributed by atoms with Crippen molar-refractivity contribution in [1.29, 1.82) is 0 Å². The fourth-order valence-corrected chi connectivity index (χ4v) is 0.692. The number of aromatic nitrogens is 2. The van der Waals surface area contributed by atoms with E-state index in [1.54, 1.807) is 0 Å². The van der Waals surface area contributed by atoms with Crippen LogP contribution in [0.1, 0.15) is 31.5 Å². The normalized spacial score (nSPS) is 11.3. The first-order valence-corrected chi connectivity index (χ1v) is 3.84. The fourth-order valence-electron chi connectivity index (χ4n) is 0.692. The van der Waals surface area contributed by atoms with Crippen molar-refractivity contribution in [2.24, 2.45) is 0 Å². The van der Waals surface area contributed by atoms with Crippen molar-refractivity contribution in [3.05, 3.63) is 17.8 Å². The van der Waals surface area contributed by atoms with Crippen LogP contribution in [0.5, 0.6) is 0 Å². The van der Waals surface area contributed by atoms with E-state index >= 15 is 0 Å². The molecular formula is C8H10N2O3. The Morgan fingerprint density at radius 3 is 2.77 bits per heavy atom. The van der Waals surface area contributed by atoms with Gasteiger partial charge in [0.1, 0.15) is 0 Å². The van der Waals surface area contributed by atoms with Gasteiger partial charge in [-0.3, -0.25) is 0 Å². The Morgan fingerprint density at radius 2 is 2.31 bits per heavy atom. The lowest BCUT2D eigenvalue weighted by Gasteiger charge is -1.91. The molecular weight excluding hydrogens is 172 g/mol. The van der Waals surface area contributed by atoms with Crippen LogP contribution in [0, 0.1) is 0 Å². The molecule has 5 nitrogen and oxygen atoms in total. The van der Waals surface area contributed by atoms with Crippen LogP contribution in [0.3, 0.4) is 0 Å². The molecule has 0 saturated carbocycles. The van der Waals surface area contributed by atoms with Crippen LogP contribution >= 0.6 is 0 Å². The van der Waals surface area contributed by atoms with E-state index in [1.165, 1.54) is 6.08 Å². The van der Waals surface area contributed by atoms with Crippen LogP contribution < -0.4 is 0 Å². The van der Waals surface area contributed by atoms with Crippen molar-refractivity contribution in [2.75, 3.05) is 0 Å². The van der Waals surface area contributed by atoms with Gasteiger partial charge in [-0.1, -0.05) is 19.0 Å². The second kappa shape index (κ2) is 3.84. The van der Waals surface area contributed by atoms with Crippen LogP contribution in [0.15, 0.2) is 10.6 Å². The van der Waals surface area contributed by atoms with Crippen molar-refractivity contribution in [2.45, 2.75) is 19.8 Å². The molecule has 0 aliphatic carbocycles. The molecule has 0 spiro atoms. The minimum absolute atomic E-state index is 0.177. The molecule has 0 aromatic carbocycles. The van der Waals surface area contributed by atoms with Gasteiger partial charge in [0, 0.05) is 18.1 Å². The van der Waals surface area contributed by atoms with Crippen LogP contribution in [0.4, 0.5) is 0 Å². The molecule has 0 fully saturated rings. The summed E-state index contributed by atoms with van der Waals surface area (Å²) < 4.78 is 4.77. The van der Waals surface area contributed by atoms with Crippen molar-refractivity contribution in [3.63, 3.8) is 0 Å². The number of nitrogens with zero attached hydrogens (tertiary/aromatic N) is 2. The highest BCUT2D eigenvalue weighted by molar-refractivity contribution is 5.84. The minimum Gasteiger partial charge on any atom is -0.478 e. The third-order valence-electron chi connectivity index (χ3n) is 1.34. The van der Waals surface area contributed by atoms with Gasteiger partial charge in [-0.25, -0.2) is 4.79 Å². The predicted molar refractivity (Wildman–Crippen MR) is 45.1 cm³/mol. The summed E-state index contributed by atoms with van der Waals surface area (Å²) in [6, 6.07) is 0. The summed E-state index contributed by atoms with van der Waals surface area (Å²) in [5, 5.41) is 12.0. The summed E-state index contributed by atoms with van der Waals surface area (Å²) in [7, 11) is 0. The summed E-state index contributed by atoms with van der Waals surface area (Å²) in [6.45, 7) is 3.85.